The molecule has 0 radical (unpaired) electrons. The van der Waals surface area contributed by atoms with E-state index in [1.165, 1.54) is 19.2 Å². The number of ether oxygens (including phenoxy) is 2. The van der Waals surface area contributed by atoms with Gasteiger partial charge >= 0.3 is 0 Å². The summed E-state index contributed by atoms with van der Waals surface area (Å²) in [6.45, 7) is 3.50. The van der Waals surface area contributed by atoms with Crippen molar-refractivity contribution < 1.29 is 28.8 Å². The third-order valence-corrected chi connectivity index (χ3v) is 7.55. The van der Waals surface area contributed by atoms with Gasteiger partial charge in [-0.3, -0.25) is 29.4 Å². The molecule has 40 heavy (non-hydrogen) atoms. The van der Waals surface area contributed by atoms with E-state index >= 15 is 0 Å². The van der Waals surface area contributed by atoms with Crippen LogP contribution in [0.15, 0.2) is 64.0 Å². The minimum absolute atomic E-state index is 0.0140. The Hall–Kier alpha value is -4.16. The molecule has 12 heteroatoms. The van der Waals surface area contributed by atoms with Crippen LogP contribution in [0.25, 0.3) is 6.08 Å². The van der Waals surface area contributed by atoms with E-state index < -0.39 is 28.5 Å². The maximum absolute atomic E-state index is 13.0. The van der Waals surface area contributed by atoms with Gasteiger partial charge in [0.1, 0.15) is 13.2 Å². The molecule has 0 aliphatic carbocycles. The Balaban J connectivity index is 1.46. The van der Waals surface area contributed by atoms with Crippen molar-refractivity contribution >= 4 is 62.2 Å². The predicted molar refractivity (Wildman–Crippen MR) is 155 cm³/mol. The Kier molecular flexibility index (Phi) is 8.90. The first-order chi connectivity index (χ1) is 19.0. The summed E-state index contributed by atoms with van der Waals surface area (Å²) in [5.41, 5.74) is 3.73. The number of carbonyl (C=O) groups excluding carboxylic acids is 3. The number of hydrogen-bond donors (Lipinski definition) is 1. The number of rotatable bonds is 9. The van der Waals surface area contributed by atoms with Crippen LogP contribution in [0.2, 0.25) is 0 Å². The Morgan fingerprint density at radius 3 is 2.50 bits per heavy atom. The highest BCUT2D eigenvalue weighted by atomic mass is 79.9. The predicted octanol–water partition coefficient (Wildman–Crippen LogP) is 6.24. The van der Waals surface area contributed by atoms with E-state index in [1.54, 1.807) is 30.3 Å². The van der Waals surface area contributed by atoms with E-state index in [4.69, 9.17) is 9.47 Å². The molecular formula is C28H24BrN3O7S. The van der Waals surface area contributed by atoms with E-state index in [0.717, 1.165) is 33.4 Å². The molecule has 10 nitrogen and oxygen atoms in total. The maximum Gasteiger partial charge on any atom is 0.294 e. The summed E-state index contributed by atoms with van der Waals surface area (Å²) >= 11 is 4.22. The SMILES string of the molecule is COc1cc(/C=C2/SC(=O)N(CC(=O)Nc3cc(C)ccc3C)C2=O)c(Br)cc1OCc1ccc([N+](=O)[O-])cc1. The molecule has 1 fully saturated rings. The molecule has 1 aliphatic rings. The van der Waals surface area contributed by atoms with Crippen molar-refractivity contribution in [1.29, 1.82) is 0 Å². The lowest BCUT2D eigenvalue weighted by molar-refractivity contribution is -0.384. The summed E-state index contributed by atoms with van der Waals surface area (Å²) in [5, 5.41) is 13.1. The molecular weight excluding hydrogens is 602 g/mol. The molecule has 1 heterocycles. The highest BCUT2D eigenvalue weighted by molar-refractivity contribution is 9.10. The standard InChI is InChI=1S/C28H24BrN3O7S/c1-16-4-5-17(2)22(10-16)30-26(33)14-31-27(34)25(40-28(31)35)12-19-11-23(38-3)24(13-21(19)29)39-15-18-6-8-20(9-7-18)32(36)37/h4-13H,14-15H2,1-3H3,(H,30,33)/b25-12+. The van der Waals surface area contributed by atoms with Crippen molar-refractivity contribution in [3.05, 3.63) is 96.3 Å². The zero-order valence-corrected chi connectivity index (χ0v) is 24.1. The van der Waals surface area contributed by atoms with Crippen LogP contribution in [0.5, 0.6) is 11.5 Å². The number of methoxy groups -OCH3 is 1. The Morgan fingerprint density at radius 2 is 1.82 bits per heavy atom. The van der Waals surface area contributed by atoms with Crippen LogP contribution < -0.4 is 14.8 Å². The number of anilines is 1. The highest BCUT2D eigenvalue weighted by Gasteiger charge is 2.36. The van der Waals surface area contributed by atoms with Gasteiger partial charge in [0.05, 0.1) is 16.9 Å². The summed E-state index contributed by atoms with van der Waals surface area (Å²) in [6.07, 6.45) is 1.54. The maximum atomic E-state index is 13.0. The van der Waals surface area contributed by atoms with Gasteiger partial charge in [0, 0.05) is 22.3 Å². The average molecular weight is 626 g/mol. The first kappa shape index (κ1) is 28.8. The number of benzene rings is 3. The first-order valence-electron chi connectivity index (χ1n) is 11.9. The Morgan fingerprint density at radius 1 is 1.10 bits per heavy atom. The second kappa shape index (κ2) is 12.3. The lowest BCUT2D eigenvalue weighted by atomic mass is 10.1. The smallest absolute Gasteiger partial charge is 0.294 e. The van der Waals surface area contributed by atoms with Crippen molar-refractivity contribution in [3.8, 4) is 11.5 Å². The fourth-order valence-electron chi connectivity index (χ4n) is 3.79. The molecule has 1 aliphatic heterocycles. The van der Waals surface area contributed by atoms with Gasteiger partial charge in [0.25, 0.3) is 16.8 Å². The summed E-state index contributed by atoms with van der Waals surface area (Å²) < 4.78 is 11.9. The van der Waals surface area contributed by atoms with E-state index in [-0.39, 0.29) is 17.2 Å². The number of thioether (sulfide) groups is 1. The zero-order chi connectivity index (χ0) is 29.0. The molecule has 0 bridgehead atoms. The number of imide groups is 1. The van der Waals surface area contributed by atoms with Crippen LogP contribution in [0.1, 0.15) is 22.3 Å². The molecule has 3 amide bonds. The zero-order valence-electron chi connectivity index (χ0n) is 21.7. The van der Waals surface area contributed by atoms with Crippen molar-refractivity contribution in [2.45, 2.75) is 20.5 Å². The van der Waals surface area contributed by atoms with Gasteiger partial charge in [0.15, 0.2) is 11.5 Å². The van der Waals surface area contributed by atoms with Crippen LogP contribution in [-0.2, 0) is 16.2 Å². The fourth-order valence-corrected chi connectivity index (χ4v) is 5.06. The van der Waals surface area contributed by atoms with Crippen LogP contribution >= 0.6 is 27.7 Å². The minimum Gasteiger partial charge on any atom is -0.493 e. The van der Waals surface area contributed by atoms with Gasteiger partial charge in [-0.1, -0.05) is 28.1 Å². The lowest BCUT2D eigenvalue weighted by Crippen LogP contribution is -2.36. The monoisotopic (exact) mass is 625 g/mol. The van der Waals surface area contributed by atoms with Gasteiger partial charge in [-0.15, -0.1) is 0 Å². The number of nitrogens with one attached hydrogen (secondary N) is 1. The van der Waals surface area contributed by atoms with Gasteiger partial charge < -0.3 is 14.8 Å². The van der Waals surface area contributed by atoms with E-state index in [2.05, 4.69) is 21.2 Å². The van der Waals surface area contributed by atoms with Gasteiger partial charge in [0.2, 0.25) is 5.91 Å². The molecule has 1 saturated heterocycles. The highest BCUT2D eigenvalue weighted by Crippen LogP contribution is 2.38. The molecule has 206 valence electrons. The normalized spacial score (nSPS) is 14.0. The molecule has 0 atom stereocenters. The quantitative estimate of drug-likeness (QED) is 0.168. The third kappa shape index (κ3) is 6.69. The van der Waals surface area contributed by atoms with Gasteiger partial charge in [-0.05, 0) is 84.3 Å². The minimum atomic E-state index is -0.574. The van der Waals surface area contributed by atoms with Crippen LogP contribution in [0.4, 0.5) is 16.2 Å². The number of carbonyl (C=O) groups is 3. The number of nitrogens with zero attached hydrogens (tertiary/aromatic N) is 2. The average Bonchev–Trinajstić information content (AvgIpc) is 3.18. The molecule has 0 aromatic heterocycles. The molecule has 1 N–H and O–H groups in total. The summed E-state index contributed by atoms with van der Waals surface area (Å²) in [6, 6.07) is 15.0. The van der Waals surface area contributed by atoms with Gasteiger partial charge in [-0.25, -0.2) is 0 Å². The number of hydrogen-bond acceptors (Lipinski definition) is 8. The summed E-state index contributed by atoms with van der Waals surface area (Å²) in [7, 11) is 1.47. The van der Waals surface area contributed by atoms with Crippen molar-refractivity contribution in [1.82, 2.24) is 4.90 Å². The molecule has 0 saturated carbocycles. The Labute approximate surface area is 242 Å². The number of nitro groups is 1. The van der Waals surface area contributed by atoms with Crippen molar-refractivity contribution in [2.24, 2.45) is 0 Å². The molecule has 0 unspecified atom stereocenters. The molecule has 3 aromatic carbocycles. The van der Waals surface area contributed by atoms with Crippen LogP contribution in [0.3, 0.4) is 0 Å². The largest absolute Gasteiger partial charge is 0.493 e. The molecule has 4 rings (SSSR count). The van der Waals surface area contributed by atoms with E-state index in [0.29, 0.717) is 27.2 Å². The number of amides is 3. The fraction of sp³-hybridized carbons (Fsp3) is 0.179. The number of non-ortho nitro benzene ring substituents is 1. The first-order valence-corrected chi connectivity index (χ1v) is 13.5. The van der Waals surface area contributed by atoms with Gasteiger partial charge in [-0.2, -0.15) is 0 Å². The third-order valence-electron chi connectivity index (χ3n) is 5.95. The van der Waals surface area contributed by atoms with E-state index in [1.807, 2.05) is 32.0 Å². The topological polar surface area (TPSA) is 128 Å². The van der Waals surface area contributed by atoms with Crippen LogP contribution in [-0.4, -0.2) is 40.5 Å². The summed E-state index contributed by atoms with van der Waals surface area (Å²) in [4.78, 5) is 49.7. The number of aryl methyl sites for hydroxylation is 2. The van der Waals surface area contributed by atoms with Crippen molar-refractivity contribution in [3.63, 3.8) is 0 Å². The number of nitro benzene ring substituents is 1. The molecule has 3 aromatic rings. The Bertz CT molecular complexity index is 1540. The second-order valence-electron chi connectivity index (χ2n) is 8.87. The summed E-state index contributed by atoms with van der Waals surface area (Å²) in [5.74, 6) is -0.269. The van der Waals surface area contributed by atoms with Crippen molar-refractivity contribution in [2.75, 3.05) is 19.0 Å². The second-order valence-corrected chi connectivity index (χ2v) is 10.7. The van der Waals surface area contributed by atoms with Crippen LogP contribution in [0, 0.1) is 24.0 Å². The van der Waals surface area contributed by atoms with E-state index in [9.17, 15) is 24.5 Å². The lowest BCUT2D eigenvalue weighted by Gasteiger charge is -2.14. The molecule has 0 spiro atoms. The number of halogens is 1.